The lowest BCUT2D eigenvalue weighted by Crippen LogP contribution is -2.32. The first-order valence-corrected chi connectivity index (χ1v) is 11.3. The van der Waals surface area contributed by atoms with Crippen molar-refractivity contribution in [3.05, 3.63) is 29.8 Å². The van der Waals surface area contributed by atoms with Crippen molar-refractivity contribution in [2.75, 3.05) is 10.2 Å². The van der Waals surface area contributed by atoms with Gasteiger partial charge in [0.1, 0.15) is 0 Å². The van der Waals surface area contributed by atoms with Crippen LogP contribution < -0.4 is 10.2 Å². The Morgan fingerprint density at radius 1 is 1.21 bits per heavy atom. The molecule has 28 heavy (non-hydrogen) atoms. The Kier molecular flexibility index (Phi) is 6.72. The number of carbonyl (C=O) groups excluding carboxylic acids is 2. The summed E-state index contributed by atoms with van der Waals surface area (Å²) in [5.74, 6) is 0.453. The smallest absolute Gasteiger partial charge is 0.237 e. The van der Waals surface area contributed by atoms with E-state index in [1.54, 1.807) is 4.90 Å². The molecule has 0 spiro atoms. The van der Waals surface area contributed by atoms with Gasteiger partial charge in [-0.2, -0.15) is 0 Å². The van der Waals surface area contributed by atoms with Gasteiger partial charge in [-0.25, -0.2) is 0 Å². The van der Waals surface area contributed by atoms with Crippen LogP contribution >= 0.6 is 23.1 Å². The van der Waals surface area contributed by atoms with Gasteiger partial charge in [0, 0.05) is 18.2 Å². The van der Waals surface area contributed by atoms with Gasteiger partial charge in [-0.1, -0.05) is 56.0 Å². The molecule has 1 N–H and O–H groups in total. The molecule has 1 atom stereocenters. The molecule has 1 aliphatic rings. The van der Waals surface area contributed by atoms with Crippen molar-refractivity contribution < 1.29 is 9.59 Å². The van der Waals surface area contributed by atoms with Crippen molar-refractivity contribution in [2.24, 2.45) is 0 Å². The molecule has 1 saturated carbocycles. The van der Waals surface area contributed by atoms with E-state index in [2.05, 4.69) is 29.4 Å². The average Bonchev–Trinajstić information content (AvgIpc) is 3.40. The molecule has 0 saturated heterocycles. The molecule has 0 radical (unpaired) electrons. The average molecular weight is 419 g/mol. The summed E-state index contributed by atoms with van der Waals surface area (Å²) >= 11 is 2.74. The van der Waals surface area contributed by atoms with E-state index in [-0.39, 0.29) is 23.1 Å². The highest BCUT2D eigenvalue weighted by atomic mass is 32.2. The summed E-state index contributed by atoms with van der Waals surface area (Å²) in [5, 5.41) is 11.6. The van der Waals surface area contributed by atoms with Gasteiger partial charge in [-0.05, 0) is 43.4 Å². The first-order chi connectivity index (χ1) is 13.4. The molecule has 2 aromatic rings. The van der Waals surface area contributed by atoms with E-state index in [1.807, 2.05) is 38.1 Å². The Morgan fingerprint density at radius 2 is 1.89 bits per heavy atom. The molecular formula is C20H26N4O2S2. The second-order valence-electron chi connectivity index (χ2n) is 7.23. The van der Waals surface area contributed by atoms with Crippen LogP contribution in [0.15, 0.2) is 28.6 Å². The Hall–Kier alpha value is -1.93. The van der Waals surface area contributed by atoms with Gasteiger partial charge in [-0.3, -0.25) is 14.5 Å². The highest BCUT2D eigenvalue weighted by Crippen LogP contribution is 2.37. The summed E-state index contributed by atoms with van der Waals surface area (Å²) in [7, 11) is 0. The number of rotatable bonds is 8. The minimum atomic E-state index is -0.318. The van der Waals surface area contributed by atoms with Crippen LogP contribution in [0.2, 0.25) is 0 Å². The quantitative estimate of drug-likeness (QED) is 0.497. The van der Waals surface area contributed by atoms with Crippen LogP contribution in [0.4, 0.5) is 10.8 Å². The first kappa shape index (κ1) is 20.8. The third-order valence-corrected chi connectivity index (χ3v) is 6.68. The van der Waals surface area contributed by atoms with E-state index in [9.17, 15) is 9.59 Å². The van der Waals surface area contributed by atoms with Crippen molar-refractivity contribution in [3.8, 4) is 0 Å². The SMILES string of the molecule is CCC(=O)N(c1nnc(S[C@@H](C)C(=O)Nc2ccc(C(C)C)cc2)s1)C1CC1. The van der Waals surface area contributed by atoms with E-state index in [0.717, 1.165) is 18.5 Å². The Balaban J connectivity index is 1.59. The van der Waals surface area contributed by atoms with Crippen LogP contribution in [0.3, 0.4) is 0 Å². The summed E-state index contributed by atoms with van der Waals surface area (Å²) in [6.07, 6.45) is 2.48. The predicted molar refractivity (Wildman–Crippen MR) is 115 cm³/mol. The van der Waals surface area contributed by atoms with E-state index >= 15 is 0 Å². The molecule has 3 rings (SSSR count). The van der Waals surface area contributed by atoms with E-state index < -0.39 is 0 Å². The Labute approximate surface area is 174 Å². The summed E-state index contributed by atoms with van der Waals surface area (Å²) in [5.41, 5.74) is 2.02. The van der Waals surface area contributed by atoms with Crippen LogP contribution in [0.1, 0.15) is 58.4 Å². The minimum absolute atomic E-state index is 0.0748. The standard InChI is InChI=1S/C20H26N4O2S2/c1-5-17(25)24(16-10-11-16)19-22-23-20(28-19)27-13(4)18(26)21-15-8-6-14(7-9-15)12(2)3/h6-9,12-13,16H,5,10-11H2,1-4H3,(H,21,26)/t13-/m0/s1. The number of anilines is 2. The summed E-state index contributed by atoms with van der Waals surface area (Å²) in [6, 6.07) is 8.18. The Bertz CT molecular complexity index is 831. The maximum atomic E-state index is 12.5. The van der Waals surface area contributed by atoms with Gasteiger partial charge >= 0.3 is 0 Å². The molecule has 8 heteroatoms. The molecule has 1 aromatic heterocycles. The van der Waals surface area contributed by atoms with E-state index in [0.29, 0.717) is 21.8 Å². The topological polar surface area (TPSA) is 75.2 Å². The number of aromatic nitrogens is 2. The second kappa shape index (κ2) is 9.05. The molecule has 2 amide bonds. The van der Waals surface area contributed by atoms with Gasteiger partial charge in [0.25, 0.3) is 0 Å². The van der Waals surface area contributed by atoms with Crippen molar-refractivity contribution in [2.45, 2.75) is 68.5 Å². The van der Waals surface area contributed by atoms with E-state index in [1.165, 1.54) is 28.7 Å². The first-order valence-electron chi connectivity index (χ1n) is 9.62. The number of hydrogen-bond acceptors (Lipinski definition) is 6. The van der Waals surface area contributed by atoms with Crippen molar-refractivity contribution in [1.29, 1.82) is 0 Å². The molecular weight excluding hydrogens is 392 g/mol. The van der Waals surface area contributed by atoms with Gasteiger partial charge in [0.15, 0.2) is 4.34 Å². The fourth-order valence-corrected chi connectivity index (χ4v) is 4.79. The number of nitrogens with one attached hydrogen (secondary N) is 1. The van der Waals surface area contributed by atoms with Gasteiger partial charge in [0.2, 0.25) is 16.9 Å². The zero-order valence-corrected chi connectivity index (χ0v) is 18.3. The number of thioether (sulfide) groups is 1. The monoisotopic (exact) mass is 418 g/mol. The minimum Gasteiger partial charge on any atom is -0.325 e. The largest absolute Gasteiger partial charge is 0.325 e. The van der Waals surface area contributed by atoms with Crippen LogP contribution in [-0.2, 0) is 9.59 Å². The summed E-state index contributed by atoms with van der Waals surface area (Å²) in [4.78, 5) is 26.5. The van der Waals surface area contributed by atoms with Crippen LogP contribution in [0.5, 0.6) is 0 Å². The highest BCUT2D eigenvalue weighted by molar-refractivity contribution is 8.02. The fraction of sp³-hybridized carbons (Fsp3) is 0.500. The summed E-state index contributed by atoms with van der Waals surface area (Å²) in [6.45, 7) is 7.98. The molecule has 0 aliphatic heterocycles. The molecule has 150 valence electrons. The van der Waals surface area contributed by atoms with Crippen LogP contribution in [-0.4, -0.2) is 33.3 Å². The van der Waals surface area contributed by atoms with Crippen LogP contribution in [0.25, 0.3) is 0 Å². The van der Waals surface area contributed by atoms with Crippen LogP contribution in [0, 0.1) is 0 Å². The normalized spacial score (nSPS) is 14.8. The van der Waals surface area contributed by atoms with Crippen molar-refractivity contribution >= 4 is 45.7 Å². The molecule has 1 fully saturated rings. The molecule has 1 aromatic carbocycles. The number of carbonyl (C=O) groups is 2. The van der Waals surface area contributed by atoms with Gasteiger partial charge in [0.05, 0.1) is 5.25 Å². The third kappa shape index (κ3) is 5.11. The molecule has 0 unspecified atom stereocenters. The number of amides is 2. The predicted octanol–water partition coefficient (Wildman–Crippen LogP) is 4.69. The molecule has 0 bridgehead atoms. The molecule has 6 nitrogen and oxygen atoms in total. The van der Waals surface area contributed by atoms with Crippen molar-refractivity contribution in [3.63, 3.8) is 0 Å². The number of benzene rings is 1. The maximum absolute atomic E-state index is 12.5. The van der Waals surface area contributed by atoms with Crippen molar-refractivity contribution in [1.82, 2.24) is 10.2 Å². The fourth-order valence-electron chi connectivity index (χ4n) is 2.72. The molecule has 1 aliphatic carbocycles. The lowest BCUT2D eigenvalue weighted by atomic mass is 10.0. The van der Waals surface area contributed by atoms with Gasteiger partial charge < -0.3 is 5.32 Å². The van der Waals surface area contributed by atoms with Gasteiger partial charge in [-0.15, -0.1) is 10.2 Å². The summed E-state index contributed by atoms with van der Waals surface area (Å²) < 4.78 is 0.697. The lowest BCUT2D eigenvalue weighted by Gasteiger charge is -2.17. The zero-order valence-electron chi connectivity index (χ0n) is 16.6. The maximum Gasteiger partial charge on any atom is 0.237 e. The second-order valence-corrected chi connectivity index (χ2v) is 9.77. The molecule has 1 heterocycles. The number of hydrogen-bond donors (Lipinski definition) is 1. The Morgan fingerprint density at radius 3 is 2.46 bits per heavy atom. The third-order valence-electron chi connectivity index (χ3n) is 4.58. The highest BCUT2D eigenvalue weighted by Gasteiger charge is 2.35. The lowest BCUT2D eigenvalue weighted by molar-refractivity contribution is -0.118. The number of nitrogens with zero attached hydrogens (tertiary/aromatic N) is 3. The zero-order chi connectivity index (χ0) is 20.3. The van der Waals surface area contributed by atoms with E-state index in [4.69, 9.17) is 0 Å².